The standard InChI is InChI=1S/C11H15N3OS/c1-3-6-12-11-13-9(10(15)14-11)8-5-4-7(2)16-8/h4-5,9H,3,6H2,1-2H3,(H2,12,13,14,15). The van der Waals surface area contributed by atoms with Gasteiger partial charge >= 0.3 is 0 Å². The Bertz CT molecular complexity index is 425. The van der Waals surface area contributed by atoms with Gasteiger partial charge in [-0.1, -0.05) is 6.92 Å². The predicted molar refractivity (Wildman–Crippen MR) is 65.7 cm³/mol. The van der Waals surface area contributed by atoms with Gasteiger partial charge in [-0.15, -0.1) is 11.3 Å². The van der Waals surface area contributed by atoms with E-state index in [1.54, 1.807) is 11.3 Å². The Morgan fingerprint density at radius 2 is 2.31 bits per heavy atom. The lowest BCUT2D eigenvalue weighted by atomic mass is 10.2. The normalized spacial score (nSPS) is 22.2. The molecule has 1 aliphatic rings. The van der Waals surface area contributed by atoms with Gasteiger partial charge in [0.1, 0.15) is 6.04 Å². The van der Waals surface area contributed by atoms with Gasteiger partial charge in [0.05, 0.1) is 0 Å². The third kappa shape index (κ3) is 2.24. The third-order valence-electron chi connectivity index (χ3n) is 2.32. The molecule has 2 rings (SSSR count). The lowest BCUT2D eigenvalue weighted by molar-refractivity contribution is -0.120. The Balaban J connectivity index is 2.11. The summed E-state index contributed by atoms with van der Waals surface area (Å²) in [4.78, 5) is 18.2. The van der Waals surface area contributed by atoms with Gasteiger partial charge in [-0.2, -0.15) is 0 Å². The van der Waals surface area contributed by atoms with Crippen molar-refractivity contribution in [3.05, 3.63) is 21.9 Å². The molecule has 1 aromatic heterocycles. The van der Waals surface area contributed by atoms with Crippen LogP contribution in [0.1, 0.15) is 29.1 Å². The molecule has 0 bridgehead atoms. The molecule has 1 aromatic rings. The lowest BCUT2D eigenvalue weighted by Gasteiger charge is -2.03. The molecule has 1 amide bonds. The molecule has 1 aliphatic heterocycles. The van der Waals surface area contributed by atoms with Gasteiger partial charge in [-0.3, -0.25) is 15.1 Å². The van der Waals surface area contributed by atoms with Crippen molar-refractivity contribution in [2.75, 3.05) is 6.54 Å². The van der Waals surface area contributed by atoms with Gasteiger partial charge in [0.2, 0.25) is 0 Å². The molecule has 16 heavy (non-hydrogen) atoms. The van der Waals surface area contributed by atoms with E-state index in [-0.39, 0.29) is 11.9 Å². The van der Waals surface area contributed by atoms with Crippen LogP contribution in [0.4, 0.5) is 0 Å². The van der Waals surface area contributed by atoms with E-state index in [0.29, 0.717) is 5.96 Å². The van der Waals surface area contributed by atoms with E-state index < -0.39 is 0 Å². The number of nitrogens with one attached hydrogen (secondary N) is 2. The zero-order chi connectivity index (χ0) is 11.5. The van der Waals surface area contributed by atoms with Crippen molar-refractivity contribution in [1.29, 1.82) is 0 Å². The zero-order valence-corrected chi connectivity index (χ0v) is 10.2. The summed E-state index contributed by atoms with van der Waals surface area (Å²) in [6.07, 6.45) is 0.976. The molecule has 1 atom stereocenters. The molecule has 0 saturated carbocycles. The quantitative estimate of drug-likeness (QED) is 0.838. The summed E-state index contributed by atoms with van der Waals surface area (Å²) in [5.74, 6) is 0.583. The Morgan fingerprint density at radius 1 is 1.50 bits per heavy atom. The van der Waals surface area contributed by atoms with Crippen LogP contribution in [-0.2, 0) is 4.79 Å². The van der Waals surface area contributed by atoms with Crippen molar-refractivity contribution < 1.29 is 4.79 Å². The number of aliphatic imine (C=N–C) groups is 1. The molecular weight excluding hydrogens is 222 g/mol. The number of carbonyl (C=O) groups excluding carboxylic acids is 1. The fraction of sp³-hybridized carbons (Fsp3) is 0.455. The average molecular weight is 237 g/mol. The first-order chi connectivity index (χ1) is 7.70. The minimum atomic E-state index is -0.269. The molecule has 4 nitrogen and oxygen atoms in total. The summed E-state index contributed by atoms with van der Waals surface area (Å²) in [5.41, 5.74) is 0. The van der Waals surface area contributed by atoms with E-state index in [1.807, 2.05) is 19.1 Å². The molecule has 0 aromatic carbocycles. The SMILES string of the molecule is CCCN=C1NC(=O)C(c2ccc(C)s2)N1. The summed E-state index contributed by atoms with van der Waals surface area (Å²) in [6, 6.07) is 3.74. The van der Waals surface area contributed by atoms with Crippen LogP contribution >= 0.6 is 11.3 Å². The van der Waals surface area contributed by atoms with Crippen LogP contribution < -0.4 is 10.6 Å². The second-order valence-corrected chi connectivity index (χ2v) is 5.06. The molecule has 1 fully saturated rings. The molecule has 2 N–H and O–H groups in total. The Morgan fingerprint density at radius 3 is 2.94 bits per heavy atom. The summed E-state index contributed by atoms with van der Waals surface area (Å²) in [7, 11) is 0. The van der Waals surface area contributed by atoms with Crippen LogP contribution in [0.5, 0.6) is 0 Å². The van der Waals surface area contributed by atoms with Crippen LogP contribution in [-0.4, -0.2) is 18.4 Å². The van der Waals surface area contributed by atoms with E-state index in [0.717, 1.165) is 17.8 Å². The van der Waals surface area contributed by atoms with Gasteiger partial charge in [0, 0.05) is 16.3 Å². The first-order valence-electron chi connectivity index (χ1n) is 5.39. The Kier molecular flexibility index (Phi) is 3.24. The first-order valence-corrected chi connectivity index (χ1v) is 6.20. The molecule has 1 unspecified atom stereocenters. The van der Waals surface area contributed by atoms with Crippen LogP contribution in [0.2, 0.25) is 0 Å². The fourth-order valence-corrected chi connectivity index (χ4v) is 2.47. The number of guanidine groups is 1. The van der Waals surface area contributed by atoms with Crippen molar-refractivity contribution in [2.24, 2.45) is 4.99 Å². The number of rotatable bonds is 3. The molecule has 1 saturated heterocycles. The highest BCUT2D eigenvalue weighted by molar-refractivity contribution is 7.12. The van der Waals surface area contributed by atoms with Crippen LogP contribution in [0.3, 0.4) is 0 Å². The summed E-state index contributed by atoms with van der Waals surface area (Å²) >= 11 is 1.64. The summed E-state index contributed by atoms with van der Waals surface area (Å²) in [5, 5.41) is 5.86. The maximum atomic E-state index is 11.7. The lowest BCUT2D eigenvalue weighted by Crippen LogP contribution is -2.25. The molecule has 86 valence electrons. The smallest absolute Gasteiger partial charge is 0.254 e. The summed E-state index contributed by atoms with van der Waals surface area (Å²) < 4.78 is 0. The number of carbonyl (C=O) groups is 1. The predicted octanol–water partition coefficient (Wildman–Crippen LogP) is 1.58. The molecule has 0 radical (unpaired) electrons. The van der Waals surface area contributed by atoms with Crippen LogP contribution in [0, 0.1) is 6.92 Å². The zero-order valence-electron chi connectivity index (χ0n) is 9.41. The molecule has 0 aliphatic carbocycles. The second kappa shape index (κ2) is 4.65. The van der Waals surface area contributed by atoms with Crippen molar-refractivity contribution in [1.82, 2.24) is 10.6 Å². The number of aryl methyl sites for hydroxylation is 1. The fourth-order valence-electron chi connectivity index (χ4n) is 1.54. The van der Waals surface area contributed by atoms with Gasteiger partial charge in [-0.05, 0) is 25.5 Å². The minimum absolute atomic E-state index is 0.0169. The molecule has 0 spiro atoms. The monoisotopic (exact) mass is 237 g/mol. The summed E-state index contributed by atoms with van der Waals surface area (Å²) in [6.45, 7) is 4.83. The molecule has 5 heteroatoms. The van der Waals surface area contributed by atoms with E-state index in [9.17, 15) is 4.79 Å². The number of hydrogen-bond acceptors (Lipinski definition) is 3. The van der Waals surface area contributed by atoms with Gasteiger partial charge in [0.15, 0.2) is 5.96 Å². The Hall–Kier alpha value is -1.36. The van der Waals surface area contributed by atoms with Gasteiger partial charge in [-0.25, -0.2) is 0 Å². The van der Waals surface area contributed by atoms with Crippen molar-refractivity contribution in [3.63, 3.8) is 0 Å². The van der Waals surface area contributed by atoms with Gasteiger partial charge < -0.3 is 5.32 Å². The largest absolute Gasteiger partial charge is 0.340 e. The molecule has 2 heterocycles. The van der Waals surface area contributed by atoms with Crippen molar-refractivity contribution in [3.8, 4) is 0 Å². The topological polar surface area (TPSA) is 53.5 Å². The number of thiophene rings is 1. The highest BCUT2D eigenvalue weighted by atomic mass is 32.1. The third-order valence-corrected chi connectivity index (χ3v) is 3.39. The molecular formula is C11H15N3OS. The maximum Gasteiger partial charge on any atom is 0.254 e. The highest BCUT2D eigenvalue weighted by Crippen LogP contribution is 2.24. The average Bonchev–Trinajstić information content (AvgIpc) is 2.82. The maximum absolute atomic E-state index is 11.7. The number of nitrogens with zero attached hydrogens (tertiary/aromatic N) is 1. The highest BCUT2D eigenvalue weighted by Gasteiger charge is 2.30. The van der Waals surface area contributed by atoms with Crippen molar-refractivity contribution >= 4 is 23.2 Å². The van der Waals surface area contributed by atoms with Crippen LogP contribution in [0.25, 0.3) is 0 Å². The van der Waals surface area contributed by atoms with Crippen LogP contribution in [0.15, 0.2) is 17.1 Å². The number of amides is 1. The second-order valence-electron chi connectivity index (χ2n) is 3.75. The van der Waals surface area contributed by atoms with E-state index >= 15 is 0 Å². The minimum Gasteiger partial charge on any atom is -0.340 e. The first kappa shape index (κ1) is 11.1. The van der Waals surface area contributed by atoms with E-state index in [4.69, 9.17) is 0 Å². The van der Waals surface area contributed by atoms with E-state index in [2.05, 4.69) is 22.5 Å². The Labute approximate surface area is 98.8 Å². The van der Waals surface area contributed by atoms with Crippen molar-refractivity contribution in [2.45, 2.75) is 26.3 Å². The van der Waals surface area contributed by atoms with E-state index in [1.165, 1.54) is 4.88 Å². The number of hydrogen-bond donors (Lipinski definition) is 2. The van der Waals surface area contributed by atoms with Gasteiger partial charge in [0.25, 0.3) is 5.91 Å².